The number of benzene rings is 1. The Kier molecular flexibility index (Phi) is 4.74. The first-order chi connectivity index (χ1) is 9.22. The van der Waals surface area contributed by atoms with Crippen molar-refractivity contribution in [3.63, 3.8) is 0 Å². The number of aromatic nitrogens is 2. The Morgan fingerprint density at radius 3 is 2.89 bits per heavy atom. The molecule has 0 atom stereocenters. The Labute approximate surface area is 115 Å². The van der Waals surface area contributed by atoms with E-state index < -0.39 is 0 Å². The van der Waals surface area contributed by atoms with Crippen molar-refractivity contribution in [2.24, 2.45) is 5.92 Å². The minimum absolute atomic E-state index is 0.661. The molecular weight excluding hydrogens is 234 g/mol. The van der Waals surface area contributed by atoms with E-state index in [0.717, 1.165) is 31.7 Å². The van der Waals surface area contributed by atoms with Gasteiger partial charge in [0.15, 0.2) is 0 Å². The lowest BCUT2D eigenvalue weighted by Gasteiger charge is -2.05. The zero-order valence-corrected chi connectivity index (χ0v) is 11.9. The Balaban J connectivity index is 2.20. The fraction of sp³-hybridized carbons (Fsp3) is 0.438. The SMILES string of the molecule is C=CCCn1nc(CNCC(C)C)c2ccccc21. The van der Waals surface area contributed by atoms with E-state index in [0.29, 0.717) is 5.92 Å². The van der Waals surface area contributed by atoms with Crippen LogP contribution in [-0.2, 0) is 13.1 Å². The molecule has 0 unspecified atom stereocenters. The minimum atomic E-state index is 0.661. The summed E-state index contributed by atoms with van der Waals surface area (Å²) in [4.78, 5) is 0. The number of fused-ring (bicyclic) bond motifs is 1. The molecule has 0 saturated carbocycles. The van der Waals surface area contributed by atoms with E-state index in [1.165, 1.54) is 10.9 Å². The van der Waals surface area contributed by atoms with Crippen LogP contribution in [0.25, 0.3) is 10.9 Å². The van der Waals surface area contributed by atoms with Crippen molar-refractivity contribution in [1.82, 2.24) is 15.1 Å². The van der Waals surface area contributed by atoms with Gasteiger partial charge in [-0.2, -0.15) is 5.10 Å². The number of nitrogens with one attached hydrogen (secondary N) is 1. The van der Waals surface area contributed by atoms with Crippen LogP contribution in [0, 0.1) is 5.92 Å². The number of nitrogens with zero attached hydrogens (tertiary/aromatic N) is 2. The number of hydrogen-bond donors (Lipinski definition) is 1. The average Bonchev–Trinajstić information content (AvgIpc) is 2.75. The van der Waals surface area contributed by atoms with Crippen LogP contribution in [0.1, 0.15) is 26.0 Å². The van der Waals surface area contributed by atoms with Gasteiger partial charge in [-0.15, -0.1) is 6.58 Å². The van der Waals surface area contributed by atoms with Crippen LogP contribution in [0.5, 0.6) is 0 Å². The fourth-order valence-corrected chi connectivity index (χ4v) is 2.19. The maximum atomic E-state index is 4.73. The van der Waals surface area contributed by atoms with Crippen LogP contribution < -0.4 is 5.32 Å². The van der Waals surface area contributed by atoms with E-state index in [9.17, 15) is 0 Å². The van der Waals surface area contributed by atoms with E-state index in [4.69, 9.17) is 5.10 Å². The number of allylic oxidation sites excluding steroid dienone is 1. The van der Waals surface area contributed by atoms with Gasteiger partial charge < -0.3 is 5.32 Å². The summed E-state index contributed by atoms with van der Waals surface area (Å²) in [7, 11) is 0. The van der Waals surface area contributed by atoms with Gasteiger partial charge in [-0.25, -0.2) is 0 Å². The molecule has 0 fully saturated rings. The monoisotopic (exact) mass is 257 g/mol. The molecule has 0 aliphatic heterocycles. The summed E-state index contributed by atoms with van der Waals surface area (Å²) in [6.45, 7) is 11.0. The molecule has 0 aliphatic rings. The van der Waals surface area contributed by atoms with Crippen molar-refractivity contribution in [1.29, 1.82) is 0 Å². The molecule has 1 N–H and O–H groups in total. The first-order valence-corrected chi connectivity index (χ1v) is 6.98. The van der Waals surface area contributed by atoms with Gasteiger partial charge in [0.25, 0.3) is 0 Å². The van der Waals surface area contributed by atoms with Crippen LogP contribution in [-0.4, -0.2) is 16.3 Å². The average molecular weight is 257 g/mol. The second-order valence-corrected chi connectivity index (χ2v) is 5.29. The molecule has 0 amide bonds. The fourth-order valence-electron chi connectivity index (χ4n) is 2.19. The Morgan fingerprint density at radius 2 is 2.16 bits per heavy atom. The predicted molar refractivity (Wildman–Crippen MR) is 81.1 cm³/mol. The number of hydrogen-bond acceptors (Lipinski definition) is 2. The molecule has 2 aromatic rings. The number of para-hydroxylation sites is 1. The lowest BCUT2D eigenvalue weighted by molar-refractivity contribution is 0.541. The van der Waals surface area contributed by atoms with E-state index in [-0.39, 0.29) is 0 Å². The van der Waals surface area contributed by atoms with Crippen LogP contribution in [0.4, 0.5) is 0 Å². The lowest BCUT2D eigenvalue weighted by Crippen LogP contribution is -2.19. The van der Waals surface area contributed by atoms with Crippen molar-refractivity contribution in [2.45, 2.75) is 33.4 Å². The van der Waals surface area contributed by atoms with Gasteiger partial charge in [-0.3, -0.25) is 4.68 Å². The molecule has 0 radical (unpaired) electrons. The highest BCUT2D eigenvalue weighted by Crippen LogP contribution is 2.18. The van der Waals surface area contributed by atoms with E-state index in [1.807, 2.05) is 6.08 Å². The molecule has 2 rings (SSSR count). The van der Waals surface area contributed by atoms with Gasteiger partial charge in [0.1, 0.15) is 0 Å². The van der Waals surface area contributed by atoms with E-state index >= 15 is 0 Å². The third kappa shape index (κ3) is 3.44. The summed E-state index contributed by atoms with van der Waals surface area (Å²) in [6, 6.07) is 8.43. The summed E-state index contributed by atoms with van der Waals surface area (Å²) in [5.41, 5.74) is 2.35. The first-order valence-electron chi connectivity index (χ1n) is 6.98. The van der Waals surface area contributed by atoms with Gasteiger partial charge in [0.05, 0.1) is 11.2 Å². The highest BCUT2D eigenvalue weighted by molar-refractivity contribution is 5.81. The summed E-state index contributed by atoms with van der Waals surface area (Å²) < 4.78 is 2.09. The normalized spacial score (nSPS) is 11.3. The maximum absolute atomic E-state index is 4.73. The van der Waals surface area contributed by atoms with Crippen LogP contribution in [0.15, 0.2) is 36.9 Å². The van der Waals surface area contributed by atoms with Gasteiger partial charge >= 0.3 is 0 Å². The molecule has 1 heterocycles. The first kappa shape index (κ1) is 13.8. The highest BCUT2D eigenvalue weighted by Gasteiger charge is 2.09. The van der Waals surface area contributed by atoms with E-state index in [2.05, 4.69) is 54.7 Å². The molecule has 0 aliphatic carbocycles. The summed E-state index contributed by atoms with van der Waals surface area (Å²) in [5.74, 6) is 0.661. The molecular formula is C16H23N3. The van der Waals surface area contributed by atoms with Crippen molar-refractivity contribution < 1.29 is 0 Å². The van der Waals surface area contributed by atoms with Crippen molar-refractivity contribution in [3.8, 4) is 0 Å². The van der Waals surface area contributed by atoms with Crippen molar-refractivity contribution in [3.05, 3.63) is 42.6 Å². The summed E-state index contributed by atoms with van der Waals surface area (Å²) in [6.07, 6.45) is 2.89. The lowest BCUT2D eigenvalue weighted by atomic mass is 10.2. The minimum Gasteiger partial charge on any atom is -0.311 e. The molecule has 19 heavy (non-hydrogen) atoms. The zero-order valence-electron chi connectivity index (χ0n) is 11.9. The van der Waals surface area contributed by atoms with Gasteiger partial charge in [-0.1, -0.05) is 38.1 Å². The quantitative estimate of drug-likeness (QED) is 0.771. The van der Waals surface area contributed by atoms with Gasteiger partial charge in [0.2, 0.25) is 0 Å². The largest absolute Gasteiger partial charge is 0.311 e. The molecule has 102 valence electrons. The summed E-state index contributed by atoms with van der Waals surface area (Å²) in [5, 5.41) is 9.45. The molecule has 0 spiro atoms. The smallest absolute Gasteiger partial charge is 0.0841 e. The predicted octanol–water partition coefficient (Wildman–Crippen LogP) is 3.36. The Hall–Kier alpha value is -1.61. The molecule has 0 saturated heterocycles. The second-order valence-electron chi connectivity index (χ2n) is 5.29. The highest BCUT2D eigenvalue weighted by atomic mass is 15.3. The Morgan fingerprint density at radius 1 is 1.37 bits per heavy atom. The third-order valence-corrected chi connectivity index (χ3v) is 3.12. The van der Waals surface area contributed by atoms with Crippen LogP contribution >= 0.6 is 0 Å². The second kappa shape index (κ2) is 6.53. The molecule has 1 aromatic carbocycles. The number of rotatable bonds is 7. The number of aryl methyl sites for hydroxylation is 1. The van der Waals surface area contributed by atoms with E-state index in [1.54, 1.807) is 0 Å². The van der Waals surface area contributed by atoms with Gasteiger partial charge in [0, 0.05) is 18.5 Å². The third-order valence-electron chi connectivity index (χ3n) is 3.12. The van der Waals surface area contributed by atoms with Crippen molar-refractivity contribution in [2.75, 3.05) is 6.54 Å². The molecule has 1 aromatic heterocycles. The standard InChI is InChI=1S/C16H23N3/c1-4-5-10-19-16-9-7-6-8-14(16)15(18-19)12-17-11-13(2)3/h4,6-9,13,17H,1,5,10-12H2,2-3H3. The van der Waals surface area contributed by atoms with Crippen LogP contribution in [0.2, 0.25) is 0 Å². The molecule has 3 nitrogen and oxygen atoms in total. The van der Waals surface area contributed by atoms with Gasteiger partial charge in [-0.05, 0) is 24.9 Å². The Bertz CT molecular complexity index is 540. The summed E-state index contributed by atoms with van der Waals surface area (Å²) >= 11 is 0. The zero-order chi connectivity index (χ0) is 13.7. The maximum Gasteiger partial charge on any atom is 0.0841 e. The topological polar surface area (TPSA) is 29.9 Å². The van der Waals surface area contributed by atoms with Crippen LogP contribution in [0.3, 0.4) is 0 Å². The molecule has 3 heteroatoms. The molecule has 0 bridgehead atoms. The van der Waals surface area contributed by atoms with Crippen molar-refractivity contribution >= 4 is 10.9 Å².